The number of benzene rings is 3. The van der Waals surface area contributed by atoms with Crippen molar-refractivity contribution in [1.29, 1.82) is 0 Å². The molecule has 1 N–H and O–H groups in total. The Kier molecular flexibility index (Phi) is 7.00. The van der Waals surface area contributed by atoms with Gasteiger partial charge in [0.25, 0.3) is 0 Å². The number of rotatable bonds is 5. The van der Waals surface area contributed by atoms with Gasteiger partial charge in [-0.25, -0.2) is 4.79 Å². The average molecular weight is 466 g/mol. The Bertz CT molecular complexity index is 1080. The van der Waals surface area contributed by atoms with Crippen molar-refractivity contribution in [3.8, 4) is 0 Å². The van der Waals surface area contributed by atoms with Crippen molar-refractivity contribution in [2.24, 2.45) is 0 Å². The summed E-state index contributed by atoms with van der Waals surface area (Å²) in [4.78, 5) is 14.4. The molecule has 0 saturated heterocycles. The maximum absolute atomic E-state index is 13.1. The van der Waals surface area contributed by atoms with Gasteiger partial charge in [-0.05, 0) is 48.4 Å². The molecule has 2 amide bonds. The third-order valence-electron chi connectivity index (χ3n) is 5.09. The van der Waals surface area contributed by atoms with Crippen LogP contribution >= 0.6 is 0 Å². The molecular weight excluding hydrogens is 446 g/mol. The van der Waals surface area contributed by atoms with Crippen molar-refractivity contribution in [2.75, 3.05) is 5.32 Å². The summed E-state index contributed by atoms with van der Waals surface area (Å²) in [6.45, 7) is 1.67. The third-order valence-corrected chi connectivity index (χ3v) is 5.09. The Labute approximate surface area is 186 Å². The predicted molar refractivity (Wildman–Crippen MR) is 112 cm³/mol. The first-order chi connectivity index (χ1) is 15.4. The number of hydrogen-bond acceptors (Lipinski definition) is 1. The number of nitrogens with zero attached hydrogens (tertiary/aromatic N) is 1. The highest BCUT2D eigenvalue weighted by Gasteiger charge is 2.31. The molecule has 0 spiro atoms. The van der Waals surface area contributed by atoms with Crippen molar-refractivity contribution in [3.05, 3.63) is 101 Å². The van der Waals surface area contributed by atoms with Gasteiger partial charge in [0.15, 0.2) is 0 Å². The standard InChI is InChI=1S/C24H20F6N2O/c1-16(18-6-3-2-4-7-18)32(15-17-10-12-19(13-11-17)23(25,26)27)22(33)31-21-9-5-8-20(14-21)24(28,29)30/h2-14,16H,15H2,1H3,(H,31,33). The maximum atomic E-state index is 13.1. The lowest BCUT2D eigenvalue weighted by molar-refractivity contribution is -0.138. The van der Waals surface area contributed by atoms with Crippen LogP contribution in [0.5, 0.6) is 0 Å². The molecular formula is C24H20F6N2O. The second-order valence-electron chi connectivity index (χ2n) is 7.42. The van der Waals surface area contributed by atoms with Crippen LogP contribution in [-0.2, 0) is 18.9 Å². The summed E-state index contributed by atoms with van der Waals surface area (Å²) < 4.78 is 77.6. The van der Waals surface area contributed by atoms with Crippen LogP contribution in [0.15, 0.2) is 78.9 Å². The fraction of sp³-hybridized carbons (Fsp3) is 0.208. The number of hydrogen-bond donors (Lipinski definition) is 1. The molecule has 0 aliphatic carbocycles. The van der Waals surface area contributed by atoms with Gasteiger partial charge in [-0.2, -0.15) is 26.3 Å². The first-order valence-electron chi connectivity index (χ1n) is 9.91. The lowest BCUT2D eigenvalue weighted by atomic mass is 10.1. The lowest BCUT2D eigenvalue weighted by Crippen LogP contribution is -2.36. The zero-order chi connectivity index (χ0) is 24.2. The van der Waals surface area contributed by atoms with Gasteiger partial charge in [-0.1, -0.05) is 48.5 Å². The Morgan fingerprint density at radius 1 is 0.818 bits per heavy atom. The van der Waals surface area contributed by atoms with E-state index in [4.69, 9.17) is 0 Å². The van der Waals surface area contributed by atoms with Gasteiger partial charge >= 0.3 is 18.4 Å². The van der Waals surface area contributed by atoms with E-state index in [-0.39, 0.29) is 12.2 Å². The molecule has 3 aromatic rings. The summed E-state index contributed by atoms with van der Waals surface area (Å²) in [5.74, 6) is 0. The van der Waals surface area contributed by atoms with Gasteiger partial charge in [0.05, 0.1) is 17.2 Å². The maximum Gasteiger partial charge on any atom is 0.416 e. The Hall–Kier alpha value is -3.49. The van der Waals surface area contributed by atoms with E-state index in [1.165, 1.54) is 29.2 Å². The zero-order valence-corrected chi connectivity index (χ0v) is 17.4. The Balaban J connectivity index is 1.88. The molecule has 3 aromatic carbocycles. The van der Waals surface area contributed by atoms with Gasteiger partial charge < -0.3 is 10.2 Å². The molecule has 33 heavy (non-hydrogen) atoms. The average Bonchev–Trinajstić information content (AvgIpc) is 2.77. The molecule has 0 bridgehead atoms. The predicted octanol–water partition coefficient (Wildman–Crippen LogP) is 7.52. The highest BCUT2D eigenvalue weighted by molar-refractivity contribution is 5.89. The van der Waals surface area contributed by atoms with Crippen LogP contribution in [0, 0.1) is 0 Å². The molecule has 0 saturated carbocycles. The Morgan fingerprint density at radius 3 is 2.00 bits per heavy atom. The van der Waals surface area contributed by atoms with Crippen LogP contribution in [0.2, 0.25) is 0 Å². The molecule has 9 heteroatoms. The van der Waals surface area contributed by atoms with E-state index in [0.29, 0.717) is 5.56 Å². The molecule has 0 heterocycles. The molecule has 3 rings (SSSR count). The topological polar surface area (TPSA) is 32.3 Å². The third kappa shape index (κ3) is 6.27. The van der Waals surface area contributed by atoms with Crippen LogP contribution in [0.25, 0.3) is 0 Å². The van der Waals surface area contributed by atoms with E-state index in [9.17, 15) is 31.1 Å². The van der Waals surface area contributed by atoms with Crippen molar-refractivity contribution in [2.45, 2.75) is 31.9 Å². The SMILES string of the molecule is CC(c1ccccc1)N(Cc1ccc(C(F)(F)F)cc1)C(=O)Nc1cccc(C(F)(F)F)c1. The minimum Gasteiger partial charge on any atom is -0.313 e. The van der Waals surface area contributed by atoms with E-state index >= 15 is 0 Å². The fourth-order valence-electron chi connectivity index (χ4n) is 3.26. The largest absolute Gasteiger partial charge is 0.416 e. The van der Waals surface area contributed by atoms with E-state index < -0.39 is 35.6 Å². The second-order valence-corrected chi connectivity index (χ2v) is 7.42. The van der Waals surface area contributed by atoms with E-state index in [0.717, 1.165) is 29.8 Å². The number of alkyl halides is 6. The molecule has 0 aliphatic rings. The molecule has 0 aliphatic heterocycles. The molecule has 0 aromatic heterocycles. The number of urea groups is 1. The van der Waals surface area contributed by atoms with E-state index in [2.05, 4.69) is 5.32 Å². The monoisotopic (exact) mass is 466 g/mol. The summed E-state index contributed by atoms with van der Waals surface area (Å²) in [5, 5.41) is 2.47. The normalized spacial score (nSPS) is 12.8. The van der Waals surface area contributed by atoms with Crippen LogP contribution in [0.4, 0.5) is 36.8 Å². The first kappa shape index (κ1) is 24.2. The number of carbonyl (C=O) groups is 1. The highest BCUT2D eigenvalue weighted by atomic mass is 19.4. The second kappa shape index (κ2) is 9.56. The van der Waals surface area contributed by atoms with Crippen LogP contribution in [0.3, 0.4) is 0 Å². The van der Waals surface area contributed by atoms with Gasteiger partial charge in [0.1, 0.15) is 0 Å². The summed E-state index contributed by atoms with van der Waals surface area (Å²) in [6.07, 6.45) is -9.06. The summed E-state index contributed by atoms with van der Waals surface area (Å²) in [5.41, 5.74) is -0.589. The smallest absolute Gasteiger partial charge is 0.313 e. The van der Waals surface area contributed by atoms with Crippen LogP contribution in [0.1, 0.15) is 35.2 Å². The number of nitrogens with one attached hydrogen (secondary N) is 1. The van der Waals surface area contributed by atoms with Crippen molar-refractivity contribution < 1.29 is 31.1 Å². The quantitative estimate of drug-likeness (QED) is 0.388. The van der Waals surface area contributed by atoms with Gasteiger partial charge in [0.2, 0.25) is 0 Å². The fourth-order valence-corrected chi connectivity index (χ4v) is 3.26. The van der Waals surface area contributed by atoms with Crippen molar-refractivity contribution >= 4 is 11.7 Å². The number of amides is 2. The number of halogens is 6. The summed E-state index contributed by atoms with van der Waals surface area (Å²) >= 11 is 0. The van der Waals surface area contributed by atoms with Gasteiger partial charge in [-0.15, -0.1) is 0 Å². The van der Waals surface area contributed by atoms with Crippen molar-refractivity contribution in [3.63, 3.8) is 0 Å². The molecule has 0 fully saturated rings. The van der Waals surface area contributed by atoms with Crippen molar-refractivity contribution in [1.82, 2.24) is 4.90 Å². The van der Waals surface area contributed by atoms with Gasteiger partial charge in [0, 0.05) is 12.2 Å². The van der Waals surface area contributed by atoms with Gasteiger partial charge in [-0.3, -0.25) is 0 Å². The number of carbonyl (C=O) groups excluding carboxylic acids is 1. The molecule has 1 unspecified atom stereocenters. The Morgan fingerprint density at radius 2 is 1.42 bits per heavy atom. The van der Waals surface area contributed by atoms with Crippen LogP contribution < -0.4 is 5.32 Å². The first-order valence-corrected chi connectivity index (χ1v) is 9.91. The minimum atomic E-state index is -4.57. The van der Waals surface area contributed by atoms with Crippen LogP contribution in [-0.4, -0.2) is 10.9 Å². The summed E-state index contributed by atoms with van der Waals surface area (Å²) in [7, 11) is 0. The zero-order valence-electron chi connectivity index (χ0n) is 17.4. The molecule has 174 valence electrons. The minimum absolute atomic E-state index is 0.0486. The molecule has 3 nitrogen and oxygen atoms in total. The lowest BCUT2D eigenvalue weighted by Gasteiger charge is -2.30. The molecule has 0 radical (unpaired) electrons. The van der Waals surface area contributed by atoms with E-state index in [1.54, 1.807) is 37.3 Å². The molecule has 1 atom stereocenters. The highest BCUT2D eigenvalue weighted by Crippen LogP contribution is 2.32. The van der Waals surface area contributed by atoms with E-state index in [1.807, 2.05) is 0 Å². The number of anilines is 1. The summed E-state index contributed by atoms with van der Waals surface area (Å²) in [6, 6.07) is 16.3.